The van der Waals surface area contributed by atoms with Crippen molar-refractivity contribution in [3.8, 4) is 0 Å². The summed E-state index contributed by atoms with van der Waals surface area (Å²) in [5, 5.41) is 11.8. The maximum atomic E-state index is 12.6. The Kier molecular flexibility index (Phi) is 32.7. The van der Waals surface area contributed by atoms with E-state index in [-0.39, 0.29) is 19.1 Å². The molecule has 0 aliphatic rings. The fourth-order valence-corrected chi connectivity index (χ4v) is 3.94. The number of hydrogen-bond donors (Lipinski definition) is 3. The van der Waals surface area contributed by atoms with Crippen molar-refractivity contribution >= 4 is 17.8 Å². The highest BCUT2D eigenvalue weighted by Gasteiger charge is 2.31. The van der Waals surface area contributed by atoms with Gasteiger partial charge in [0.2, 0.25) is 11.8 Å². The Bertz CT molecular complexity index is 819. The molecule has 0 fully saturated rings. The molecule has 0 saturated carbocycles. The van der Waals surface area contributed by atoms with E-state index in [0.29, 0.717) is 138 Å². The number of carboxylic acid groups (broad SMARTS) is 1. The number of hydrogen-bond acceptors (Lipinski definition) is 14. The average Bonchev–Trinajstić information content (AvgIpc) is 3.07. The van der Waals surface area contributed by atoms with Gasteiger partial charge >= 0.3 is 5.97 Å². The molecule has 0 aromatic heterocycles. The van der Waals surface area contributed by atoms with Crippen LogP contribution in [0, 0.1) is 0 Å². The monoisotopic (exact) mass is 727 g/mol. The van der Waals surface area contributed by atoms with Crippen LogP contribution in [0.3, 0.4) is 0 Å². The Morgan fingerprint density at radius 3 is 1.32 bits per heavy atom. The number of nitrogens with one attached hydrogen (secondary N) is 1. The number of carboxylic acids is 1. The molecule has 296 valence electrons. The number of nitrogens with zero attached hydrogens (tertiary/aromatic N) is 1. The third-order valence-electron chi connectivity index (χ3n) is 6.59. The lowest BCUT2D eigenvalue weighted by Crippen LogP contribution is -2.54. The van der Waals surface area contributed by atoms with Crippen LogP contribution in [0.15, 0.2) is 0 Å². The summed E-state index contributed by atoms with van der Waals surface area (Å²) in [6.45, 7) is 13.7. The van der Waals surface area contributed by atoms with Gasteiger partial charge in [-0.25, -0.2) is 0 Å². The summed E-state index contributed by atoms with van der Waals surface area (Å²) < 4.78 is 53.5. The number of carbonyl (C=O) groups is 3. The van der Waals surface area contributed by atoms with Gasteiger partial charge in [0.1, 0.15) is 13.2 Å². The lowest BCUT2D eigenvalue weighted by atomic mass is 10.0. The summed E-state index contributed by atoms with van der Waals surface area (Å²) in [5.74, 6) is -1.73. The zero-order valence-electron chi connectivity index (χ0n) is 30.8. The van der Waals surface area contributed by atoms with Gasteiger partial charge in [-0.1, -0.05) is 0 Å². The van der Waals surface area contributed by atoms with Crippen LogP contribution in [-0.2, 0) is 61.8 Å². The minimum atomic E-state index is -1.09. The summed E-state index contributed by atoms with van der Waals surface area (Å²) in [6, 6.07) is -0.799. The topological polar surface area (TPSA) is 205 Å². The van der Waals surface area contributed by atoms with E-state index in [1.165, 1.54) is 4.90 Å². The van der Waals surface area contributed by atoms with Crippen molar-refractivity contribution in [1.82, 2.24) is 10.2 Å². The van der Waals surface area contributed by atoms with Crippen molar-refractivity contribution in [2.24, 2.45) is 5.73 Å². The Morgan fingerprint density at radius 2 is 0.980 bits per heavy atom. The average molecular weight is 728 g/mol. The van der Waals surface area contributed by atoms with Crippen molar-refractivity contribution in [3.63, 3.8) is 0 Å². The predicted octanol–water partition coefficient (Wildman–Crippen LogP) is 0.108. The van der Waals surface area contributed by atoms with E-state index in [4.69, 9.17) is 58.2 Å². The van der Waals surface area contributed by atoms with Gasteiger partial charge in [-0.05, 0) is 40.0 Å². The molecule has 2 amide bonds. The molecule has 50 heavy (non-hydrogen) atoms. The Morgan fingerprint density at radius 1 is 0.620 bits per heavy atom. The maximum Gasteiger partial charge on any atom is 0.323 e. The van der Waals surface area contributed by atoms with E-state index >= 15 is 0 Å². The molecule has 1 atom stereocenters. The van der Waals surface area contributed by atoms with Crippen molar-refractivity contribution in [2.45, 2.75) is 51.6 Å². The fourth-order valence-electron chi connectivity index (χ4n) is 3.94. The molecule has 0 aliphatic heterocycles. The number of amides is 2. The first-order valence-corrected chi connectivity index (χ1v) is 17.3. The minimum absolute atomic E-state index is 0.0825. The summed E-state index contributed by atoms with van der Waals surface area (Å²) in [6.07, 6.45) is 1.62. The highest BCUT2D eigenvalue weighted by Crippen LogP contribution is 2.15. The van der Waals surface area contributed by atoms with Gasteiger partial charge in [0.05, 0.1) is 125 Å². The SMILES string of the molecule is COCCOCCOCCOCCOCCOCCOCCOCCOCCOCC(=O)NCCCC[C@H](N)C(=O)N(CC(=O)O)C(C)(C)C. The zero-order chi connectivity index (χ0) is 37.1. The summed E-state index contributed by atoms with van der Waals surface area (Å²) in [5.41, 5.74) is 5.35. The molecular weight excluding hydrogens is 662 g/mol. The number of aliphatic carboxylic acids is 1. The van der Waals surface area contributed by atoms with Crippen LogP contribution in [0.2, 0.25) is 0 Å². The van der Waals surface area contributed by atoms with Gasteiger partial charge in [-0.3, -0.25) is 14.4 Å². The van der Waals surface area contributed by atoms with Crippen LogP contribution in [-0.4, -0.2) is 185 Å². The third kappa shape index (κ3) is 31.9. The largest absolute Gasteiger partial charge is 0.480 e. The molecule has 0 aliphatic carbocycles. The molecule has 0 heterocycles. The molecule has 0 saturated heterocycles. The molecule has 0 spiro atoms. The van der Waals surface area contributed by atoms with Crippen molar-refractivity contribution in [1.29, 1.82) is 0 Å². The minimum Gasteiger partial charge on any atom is -0.480 e. The van der Waals surface area contributed by atoms with Crippen LogP contribution in [0.4, 0.5) is 0 Å². The second-order valence-corrected chi connectivity index (χ2v) is 11.9. The maximum absolute atomic E-state index is 12.6. The summed E-state index contributed by atoms with van der Waals surface area (Å²) in [4.78, 5) is 36.9. The number of rotatable bonds is 37. The summed E-state index contributed by atoms with van der Waals surface area (Å²) in [7, 11) is 1.64. The van der Waals surface area contributed by atoms with Crippen LogP contribution >= 0.6 is 0 Å². The number of unbranched alkanes of at least 4 members (excludes halogenated alkanes) is 1. The van der Waals surface area contributed by atoms with E-state index in [1.807, 2.05) is 0 Å². The molecule has 0 radical (unpaired) electrons. The van der Waals surface area contributed by atoms with E-state index in [0.717, 1.165) is 0 Å². The van der Waals surface area contributed by atoms with Crippen LogP contribution in [0.25, 0.3) is 0 Å². The zero-order valence-corrected chi connectivity index (χ0v) is 30.8. The second kappa shape index (κ2) is 34.1. The first-order valence-electron chi connectivity index (χ1n) is 17.3. The molecule has 0 rings (SSSR count). The first kappa shape index (κ1) is 48.0. The van der Waals surface area contributed by atoms with Gasteiger partial charge in [0, 0.05) is 19.2 Å². The molecule has 0 aromatic carbocycles. The second-order valence-electron chi connectivity index (χ2n) is 11.9. The highest BCUT2D eigenvalue weighted by molar-refractivity contribution is 5.85. The Hall–Kier alpha value is -2.03. The van der Waals surface area contributed by atoms with Crippen molar-refractivity contribution < 1.29 is 66.9 Å². The van der Waals surface area contributed by atoms with Gasteiger partial charge in [-0.15, -0.1) is 0 Å². The normalized spacial score (nSPS) is 12.3. The molecular formula is C33H65N3O14. The standard InChI is InChI=1S/C33H65N3O14/c1-33(2,3)36(27-31(38)39)32(40)29(34)7-5-6-8-35-30(37)28-50-26-25-49-24-23-48-22-21-47-20-19-46-18-17-45-16-15-44-14-13-43-12-11-42-10-9-41-4/h29H,5-28,34H2,1-4H3,(H,35,37)(H,38,39)/t29-/m0/s1. The predicted molar refractivity (Wildman–Crippen MR) is 183 cm³/mol. The van der Waals surface area contributed by atoms with Gasteiger partial charge < -0.3 is 68.4 Å². The smallest absolute Gasteiger partial charge is 0.323 e. The Balaban J connectivity index is 3.39. The molecule has 17 heteroatoms. The number of nitrogens with two attached hydrogens (primary N) is 1. The molecule has 0 bridgehead atoms. The molecule has 4 N–H and O–H groups in total. The number of carbonyl (C=O) groups excluding carboxylic acids is 2. The molecule has 0 aromatic rings. The highest BCUT2D eigenvalue weighted by atomic mass is 16.6. The quantitative estimate of drug-likeness (QED) is 0.0727. The number of methoxy groups -OCH3 is 1. The van der Waals surface area contributed by atoms with Gasteiger partial charge in [0.15, 0.2) is 0 Å². The third-order valence-corrected chi connectivity index (χ3v) is 6.59. The van der Waals surface area contributed by atoms with Gasteiger partial charge in [-0.2, -0.15) is 0 Å². The van der Waals surface area contributed by atoms with E-state index < -0.39 is 30.0 Å². The lowest BCUT2D eigenvalue weighted by molar-refractivity contribution is -0.149. The fraction of sp³-hybridized carbons (Fsp3) is 0.909. The summed E-state index contributed by atoms with van der Waals surface area (Å²) >= 11 is 0. The lowest BCUT2D eigenvalue weighted by Gasteiger charge is -2.36. The van der Waals surface area contributed by atoms with E-state index in [2.05, 4.69) is 5.32 Å². The van der Waals surface area contributed by atoms with Crippen LogP contribution in [0.1, 0.15) is 40.0 Å². The van der Waals surface area contributed by atoms with Gasteiger partial charge in [0.25, 0.3) is 0 Å². The van der Waals surface area contributed by atoms with Crippen LogP contribution in [0.5, 0.6) is 0 Å². The van der Waals surface area contributed by atoms with Crippen molar-refractivity contribution in [2.75, 3.05) is 146 Å². The Labute approximate surface area is 297 Å². The molecule has 17 nitrogen and oxygen atoms in total. The van der Waals surface area contributed by atoms with Crippen molar-refractivity contribution in [3.05, 3.63) is 0 Å². The molecule has 0 unspecified atom stereocenters. The van der Waals surface area contributed by atoms with Crippen LogP contribution < -0.4 is 11.1 Å². The van der Waals surface area contributed by atoms with E-state index in [9.17, 15) is 14.4 Å². The first-order chi connectivity index (χ1) is 24.1. The van der Waals surface area contributed by atoms with E-state index in [1.54, 1.807) is 27.9 Å². The number of ether oxygens (including phenoxy) is 10.